The zero-order chi connectivity index (χ0) is 11.3. The monoisotopic (exact) mass is 212 g/mol. The number of nitro groups is 1. The molecular weight excluding hydrogens is 200 g/mol. The lowest BCUT2D eigenvalue weighted by Gasteiger charge is -2.02. The number of aryl methyl sites for hydroxylation is 1. The number of aromatic nitrogens is 2. The first-order valence-corrected chi connectivity index (χ1v) is 4.56. The van der Waals surface area contributed by atoms with Crippen LogP contribution in [0.3, 0.4) is 0 Å². The number of unbranched alkanes of at least 4 members (excludes halogenated alkanes) is 1. The van der Waals surface area contributed by atoms with E-state index in [4.69, 9.17) is 5.73 Å². The topological polar surface area (TPSA) is 104 Å². The Morgan fingerprint density at radius 3 is 2.87 bits per heavy atom. The average Bonchev–Trinajstić information content (AvgIpc) is 2.20. The summed E-state index contributed by atoms with van der Waals surface area (Å²) < 4.78 is 1.23. The molecule has 1 aromatic heterocycles. The summed E-state index contributed by atoms with van der Waals surface area (Å²) >= 11 is 0. The van der Waals surface area contributed by atoms with Crippen LogP contribution in [0.5, 0.6) is 0 Å². The first-order valence-electron chi connectivity index (χ1n) is 4.56. The Labute approximate surface area is 85.7 Å². The fraction of sp³-hybridized carbons (Fsp3) is 0.500. The van der Waals surface area contributed by atoms with E-state index in [1.807, 2.05) is 0 Å². The largest absolute Gasteiger partial charge is 0.347 e. The van der Waals surface area contributed by atoms with Crippen LogP contribution in [0.25, 0.3) is 0 Å². The highest BCUT2D eigenvalue weighted by Gasteiger charge is 2.08. The maximum Gasteiger partial charge on any atom is 0.347 e. The van der Waals surface area contributed by atoms with Crippen LogP contribution in [-0.2, 0) is 6.54 Å². The van der Waals surface area contributed by atoms with Crippen molar-refractivity contribution in [2.45, 2.75) is 19.4 Å². The van der Waals surface area contributed by atoms with Gasteiger partial charge in [0.2, 0.25) is 0 Å². The minimum Gasteiger partial charge on any atom is -0.330 e. The van der Waals surface area contributed by atoms with E-state index < -0.39 is 10.6 Å². The molecule has 0 fully saturated rings. The maximum absolute atomic E-state index is 11.2. The molecule has 0 saturated carbocycles. The van der Waals surface area contributed by atoms with Crippen LogP contribution in [0, 0.1) is 10.1 Å². The highest BCUT2D eigenvalue weighted by Crippen LogP contribution is 2.05. The van der Waals surface area contributed by atoms with Crippen molar-refractivity contribution in [2.24, 2.45) is 5.73 Å². The van der Waals surface area contributed by atoms with E-state index in [1.54, 1.807) is 0 Å². The molecule has 7 nitrogen and oxygen atoms in total. The van der Waals surface area contributed by atoms with Gasteiger partial charge in [0.1, 0.15) is 6.20 Å². The van der Waals surface area contributed by atoms with Crippen molar-refractivity contribution in [3.63, 3.8) is 0 Å². The highest BCUT2D eigenvalue weighted by molar-refractivity contribution is 5.20. The van der Waals surface area contributed by atoms with Crippen LogP contribution in [0.4, 0.5) is 5.69 Å². The molecule has 0 aliphatic carbocycles. The third kappa shape index (κ3) is 3.13. The molecule has 15 heavy (non-hydrogen) atoms. The van der Waals surface area contributed by atoms with Gasteiger partial charge in [-0.3, -0.25) is 14.7 Å². The second kappa shape index (κ2) is 5.20. The van der Waals surface area contributed by atoms with E-state index in [9.17, 15) is 14.9 Å². The predicted molar refractivity (Wildman–Crippen MR) is 53.4 cm³/mol. The summed E-state index contributed by atoms with van der Waals surface area (Å²) in [6.45, 7) is 0.946. The third-order valence-corrected chi connectivity index (χ3v) is 1.91. The predicted octanol–water partition coefficient (Wildman–Crippen LogP) is -0.110. The molecule has 2 N–H and O–H groups in total. The number of nitrogens with zero attached hydrogens (tertiary/aromatic N) is 3. The molecule has 0 spiro atoms. The quantitative estimate of drug-likeness (QED) is 0.416. The van der Waals surface area contributed by atoms with Gasteiger partial charge >= 0.3 is 11.4 Å². The fourth-order valence-corrected chi connectivity index (χ4v) is 1.12. The maximum atomic E-state index is 11.2. The number of hydrogen-bond acceptors (Lipinski definition) is 5. The van der Waals surface area contributed by atoms with Gasteiger partial charge in [-0.05, 0) is 19.4 Å². The number of rotatable bonds is 5. The van der Waals surface area contributed by atoms with Crippen molar-refractivity contribution in [3.8, 4) is 0 Å². The van der Waals surface area contributed by atoms with Gasteiger partial charge in [-0.1, -0.05) is 0 Å². The molecule has 0 atom stereocenters. The van der Waals surface area contributed by atoms with Gasteiger partial charge in [-0.2, -0.15) is 4.98 Å². The van der Waals surface area contributed by atoms with E-state index in [1.165, 1.54) is 10.8 Å². The molecule has 0 unspecified atom stereocenters. The van der Waals surface area contributed by atoms with Crippen LogP contribution >= 0.6 is 0 Å². The molecule has 0 aliphatic heterocycles. The fourth-order valence-electron chi connectivity index (χ4n) is 1.12. The SMILES string of the molecule is NCCCCn1cc([N+](=O)[O-])cnc1=O. The molecule has 0 radical (unpaired) electrons. The summed E-state index contributed by atoms with van der Waals surface area (Å²) in [6, 6.07) is 0. The van der Waals surface area contributed by atoms with Crippen LogP contribution in [0.15, 0.2) is 17.2 Å². The minimum absolute atomic E-state index is 0.178. The van der Waals surface area contributed by atoms with Crippen LogP contribution < -0.4 is 11.4 Å². The lowest BCUT2D eigenvalue weighted by Crippen LogP contribution is -2.22. The first-order chi connectivity index (χ1) is 7.15. The molecule has 82 valence electrons. The molecule has 0 aromatic carbocycles. The zero-order valence-corrected chi connectivity index (χ0v) is 8.13. The molecule has 1 rings (SSSR count). The van der Waals surface area contributed by atoms with Crippen LogP contribution in [0.2, 0.25) is 0 Å². The summed E-state index contributed by atoms with van der Waals surface area (Å²) in [5.74, 6) is 0. The van der Waals surface area contributed by atoms with Gasteiger partial charge in [-0.15, -0.1) is 0 Å². The van der Waals surface area contributed by atoms with Crippen LogP contribution in [-0.4, -0.2) is 21.0 Å². The van der Waals surface area contributed by atoms with Gasteiger partial charge in [-0.25, -0.2) is 4.79 Å². The van der Waals surface area contributed by atoms with Crippen molar-refractivity contribution in [3.05, 3.63) is 33.0 Å². The third-order valence-electron chi connectivity index (χ3n) is 1.91. The Morgan fingerprint density at radius 2 is 2.27 bits per heavy atom. The Balaban J connectivity index is 2.81. The summed E-state index contributed by atoms with van der Waals surface area (Å²) in [5, 5.41) is 10.4. The number of hydrogen-bond donors (Lipinski definition) is 1. The Morgan fingerprint density at radius 1 is 1.53 bits per heavy atom. The molecule has 0 aliphatic rings. The molecule has 1 heterocycles. The van der Waals surface area contributed by atoms with Gasteiger partial charge in [0.15, 0.2) is 0 Å². The standard InChI is InChI=1S/C8H12N4O3/c9-3-1-2-4-11-6-7(12(14)15)5-10-8(11)13/h5-6H,1-4,9H2. The Hall–Kier alpha value is -1.76. The smallest absolute Gasteiger partial charge is 0.330 e. The Bertz CT molecular complexity index is 401. The Kier molecular flexibility index (Phi) is 3.92. The first kappa shape index (κ1) is 11.3. The normalized spacial score (nSPS) is 10.2. The second-order valence-electron chi connectivity index (χ2n) is 3.04. The summed E-state index contributed by atoms with van der Waals surface area (Å²) in [7, 11) is 0. The molecule has 7 heteroatoms. The van der Waals surface area contributed by atoms with Crippen molar-refractivity contribution in [1.82, 2.24) is 9.55 Å². The summed E-state index contributed by atoms with van der Waals surface area (Å²) in [5.41, 5.74) is 4.64. The van der Waals surface area contributed by atoms with Gasteiger partial charge in [0.25, 0.3) is 0 Å². The zero-order valence-electron chi connectivity index (χ0n) is 8.13. The van der Waals surface area contributed by atoms with E-state index in [0.29, 0.717) is 19.5 Å². The van der Waals surface area contributed by atoms with Crippen molar-refractivity contribution in [2.75, 3.05) is 6.54 Å². The second-order valence-corrected chi connectivity index (χ2v) is 3.04. The minimum atomic E-state index is -0.578. The molecule has 0 saturated heterocycles. The van der Waals surface area contributed by atoms with Crippen molar-refractivity contribution in [1.29, 1.82) is 0 Å². The van der Waals surface area contributed by atoms with E-state index in [0.717, 1.165) is 12.6 Å². The highest BCUT2D eigenvalue weighted by atomic mass is 16.6. The van der Waals surface area contributed by atoms with Gasteiger partial charge < -0.3 is 5.73 Å². The lowest BCUT2D eigenvalue weighted by molar-refractivity contribution is -0.385. The van der Waals surface area contributed by atoms with Crippen molar-refractivity contribution >= 4 is 5.69 Å². The molecule has 0 bridgehead atoms. The van der Waals surface area contributed by atoms with E-state index >= 15 is 0 Å². The van der Waals surface area contributed by atoms with Gasteiger partial charge in [0.05, 0.1) is 11.1 Å². The van der Waals surface area contributed by atoms with Crippen LogP contribution in [0.1, 0.15) is 12.8 Å². The molecule has 0 amide bonds. The number of nitrogens with two attached hydrogens (primary N) is 1. The van der Waals surface area contributed by atoms with Gasteiger partial charge in [0, 0.05) is 6.54 Å². The lowest BCUT2D eigenvalue weighted by atomic mass is 10.3. The van der Waals surface area contributed by atoms with E-state index in [2.05, 4.69) is 4.98 Å². The molecule has 1 aromatic rings. The summed E-state index contributed by atoms with van der Waals surface area (Å²) in [6.07, 6.45) is 3.64. The molecular formula is C8H12N4O3. The average molecular weight is 212 g/mol. The summed E-state index contributed by atoms with van der Waals surface area (Å²) in [4.78, 5) is 24.4. The van der Waals surface area contributed by atoms with Crippen molar-refractivity contribution < 1.29 is 4.92 Å². The van der Waals surface area contributed by atoms with E-state index in [-0.39, 0.29) is 5.69 Å².